The molecule has 0 aliphatic carbocycles. The Bertz CT molecular complexity index is 606. The van der Waals surface area contributed by atoms with Gasteiger partial charge in [0.15, 0.2) is 0 Å². The lowest BCUT2D eigenvalue weighted by Crippen LogP contribution is -2.09. The van der Waals surface area contributed by atoms with Gasteiger partial charge in [-0.3, -0.25) is 0 Å². The normalized spacial score (nSPS) is 17.2. The van der Waals surface area contributed by atoms with E-state index in [2.05, 4.69) is 5.32 Å². The van der Waals surface area contributed by atoms with E-state index in [4.69, 9.17) is 15.4 Å². The Morgan fingerprint density at radius 3 is 2.80 bits per heavy atom. The van der Waals surface area contributed by atoms with Gasteiger partial charge in [-0.2, -0.15) is 5.26 Å². The molecule has 0 radical (unpaired) electrons. The first kappa shape index (κ1) is 13.8. The van der Waals surface area contributed by atoms with Crippen molar-refractivity contribution in [1.82, 2.24) is 0 Å². The number of nitrogens with one attached hydrogen (secondary N) is 2. The van der Waals surface area contributed by atoms with Crippen molar-refractivity contribution in [1.29, 1.82) is 10.7 Å². The number of allylic oxidation sites excluding steroid dienone is 1. The van der Waals surface area contributed by atoms with Gasteiger partial charge < -0.3 is 15.5 Å². The van der Waals surface area contributed by atoms with E-state index < -0.39 is 0 Å². The maximum atomic E-state index is 8.81. The molecule has 0 fully saturated rings. The Balaban J connectivity index is 2.11. The van der Waals surface area contributed by atoms with Gasteiger partial charge in [-0.05, 0) is 35.4 Å². The predicted molar refractivity (Wildman–Crippen MR) is 79.5 cm³/mol. The molecule has 2 rings (SSSR count). The predicted octanol–water partition coefficient (Wildman–Crippen LogP) is 3.04. The smallest absolute Gasteiger partial charge is 0.101 e. The summed E-state index contributed by atoms with van der Waals surface area (Å²) in [5.41, 5.74) is 3.21. The highest BCUT2D eigenvalue weighted by molar-refractivity contribution is 5.82. The summed E-state index contributed by atoms with van der Waals surface area (Å²) in [5.74, 6) is 0. The summed E-state index contributed by atoms with van der Waals surface area (Å²) in [6.07, 6.45) is 6.57. The van der Waals surface area contributed by atoms with E-state index in [0.717, 1.165) is 23.0 Å². The molecule has 0 bridgehead atoms. The zero-order valence-electron chi connectivity index (χ0n) is 11.0. The number of hydrogen-bond donors (Lipinski definition) is 2. The lowest BCUT2D eigenvalue weighted by Gasteiger charge is -2.14. The lowest BCUT2D eigenvalue weighted by atomic mass is 10.1. The molecule has 0 amide bonds. The molecule has 2 N–H and O–H groups in total. The molecule has 0 aromatic heterocycles. The van der Waals surface area contributed by atoms with Crippen LogP contribution < -0.4 is 5.32 Å². The van der Waals surface area contributed by atoms with E-state index in [1.165, 1.54) is 0 Å². The van der Waals surface area contributed by atoms with Gasteiger partial charge in [0.1, 0.15) is 6.07 Å². The Hall–Kier alpha value is -2.64. The number of rotatable bonds is 4. The van der Waals surface area contributed by atoms with Crippen LogP contribution in [-0.4, -0.2) is 19.4 Å². The second-order valence-corrected chi connectivity index (χ2v) is 4.30. The molecule has 0 saturated heterocycles. The van der Waals surface area contributed by atoms with Gasteiger partial charge in [0, 0.05) is 18.1 Å². The van der Waals surface area contributed by atoms with Gasteiger partial charge in [0.05, 0.1) is 18.8 Å². The highest BCUT2D eigenvalue weighted by atomic mass is 16.5. The highest BCUT2D eigenvalue weighted by Gasteiger charge is 2.06. The van der Waals surface area contributed by atoms with E-state index in [1.807, 2.05) is 48.7 Å². The van der Waals surface area contributed by atoms with Crippen molar-refractivity contribution >= 4 is 11.9 Å². The minimum absolute atomic E-state index is 0.317. The number of nitrogens with zero attached hydrogens (tertiary/aromatic N) is 1. The van der Waals surface area contributed by atoms with E-state index >= 15 is 0 Å². The molecule has 100 valence electrons. The fourth-order valence-electron chi connectivity index (χ4n) is 1.79. The molecule has 1 aromatic rings. The van der Waals surface area contributed by atoms with Crippen LogP contribution in [0.5, 0.6) is 0 Å². The largest absolute Gasteiger partial charge is 0.372 e. The number of nitriles is 1. The number of ether oxygens (including phenoxy) is 1. The summed E-state index contributed by atoms with van der Waals surface area (Å²) in [5, 5.41) is 19.1. The van der Waals surface area contributed by atoms with Crippen molar-refractivity contribution < 1.29 is 4.74 Å². The minimum Gasteiger partial charge on any atom is -0.372 e. The Labute approximate surface area is 118 Å². The quantitative estimate of drug-likeness (QED) is 0.649. The van der Waals surface area contributed by atoms with Crippen LogP contribution in [0.3, 0.4) is 0 Å². The van der Waals surface area contributed by atoms with E-state index in [9.17, 15) is 0 Å². The summed E-state index contributed by atoms with van der Waals surface area (Å²) < 4.78 is 5.47. The second-order valence-electron chi connectivity index (χ2n) is 4.30. The zero-order chi connectivity index (χ0) is 14.2. The fourth-order valence-corrected chi connectivity index (χ4v) is 1.79. The van der Waals surface area contributed by atoms with Crippen LogP contribution >= 0.6 is 0 Å². The van der Waals surface area contributed by atoms with Crippen LogP contribution in [0.4, 0.5) is 5.69 Å². The Morgan fingerprint density at radius 1 is 1.30 bits per heavy atom. The molecule has 4 heteroatoms. The van der Waals surface area contributed by atoms with Crippen LogP contribution in [0.25, 0.3) is 0 Å². The van der Waals surface area contributed by atoms with Crippen molar-refractivity contribution in [3.63, 3.8) is 0 Å². The van der Waals surface area contributed by atoms with Crippen LogP contribution in [0.2, 0.25) is 0 Å². The SMILES string of the molecule is N#C/C(C=N)=C/C1=CC(=C/Nc2ccccc2)/COC1. The molecule has 1 aromatic carbocycles. The minimum atomic E-state index is 0.317. The van der Waals surface area contributed by atoms with Gasteiger partial charge >= 0.3 is 0 Å². The van der Waals surface area contributed by atoms with Gasteiger partial charge in [-0.25, -0.2) is 0 Å². The first-order valence-corrected chi connectivity index (χ1v) is 6.23. The summed E-state index contributed by atoms with van der Waals surface area (Å²) in [6.45, 7) is 0.991. The van der Waals surface area contributed by atoms with E-state index in [0.29, 0.717) is 18.8 Å². The van der Waals surface area contributed by atoms with Crippen molar-refractivity contribution in [2.75, 3.05) is 18.5 Å². The third-order valence-electron chi connectivity index (χ3n) is 2.73. The summed E-state index contributed by atoms with van der Waals surface area (Å²) in [7, 11) is 0. The molecule has 0 atom stereocenters. The van der Waals surface area contributed by atoms with Crippen LogP contribution in [0, 0.1) is 16.7 Å². The topological polar surface area (TPSA) is 68.9 Å². The van der Waals surface area contributed by atoms with E-state index in [1.54, 1.807) is 6.08 Å². The molecule has 0 saturated carbocycles. The number of para-hydroxylation sites is 1. The van der Waals surface area contributed by atoms with Gasteiger partial charge in [0.25, 0.3) is 0 Å². The molecular formula is C16H15N3O. The average Bonchev–Trinajstić information content (AvgIpc) is 2.52. The summed E-state index contributed by atoms with van der Waals surface area (Å²) >= 11 is 0. The van der Waals surface area contributed by atoms with Gasteiger partial charge in [-0.1, -0.05) is 18.2 Å². The van der Waals surface area contributed by atoms with Crippen molar-refractivity contribution in [3.8, 4) is 6.07 Å². The first-order valence-electron chi connectivity index (χ1n) is 6.23. The molecule has 1 aliphatic heterocycles. The fraction of sp³-hybridized carbons (Fsp3) is 0.125. The van der Waals surface area contributed by atoms with Crippen molar-refractivity contribution in [3.05, 3.63) is 65.4 Å². The van der Waals surface area contributed by atoms with Gasteiger partial charge in [0.2, 0.25) is 0 Å². The van der Waals surface area contributed by atoms with E-state index in [-0.39, 0.29) is 0 Å². The third kappa shape index (κ3) is 3.94. The highest BCUT2D eigenvalue weighted by Crippen LogP contribution is 2.14. The second kappa shape index (κ2) is 7.07. The molecule has 4 nitrogen and oxygen atoms in total. The van der Waals surface area contributed by atoms with Crippen LogP contribution in [-0.2, 0) is 4.74 Å². The molecule has 0 unspecified atom stereocenters. The lowest BCUT2D eigenvalue weighted by molar-refractivity contribution is 0.177. The first-order chi connectivity index (χ1) is 9.81. The van der Waals surface area contributed by atoms with Crippen LogP contribution in [0.15, 0.2) is 65.4 Å². The molecule has 20 heavy (non-hydrogen) atoms. The molecule has 1 heterocycles. The molecule has 1 aliphatic rings. The third-order valence-corrected chi connectivity index (χ3v) is 2.73. The monoisotopic (exact) mass is 265 g/mol. The number of anilines is 1. The maximum absolute atomic E-state index is 8.81. The van der Waals surface area contributed by atoms with Crippen LogP contribution in [0.1, 0.15) is 0 Å². The number of benzene rings is 1. The molecular weight excluding hydrogens is 250 g/mol. The zero-order valence-corrected chi connectivity index (χ0v) is 11.0. The van der Waals surface area contributed by atoms with Gasteiger partial charge in [-0.15, -0.1) is 0 Å². The maximum Gasteiger partial charge on any atom is 0.101 e. The average molecular weight is 265 g/mol. The van der Waals surface area contributed by atoms with Crippen molar-refractivity contribution in [2.45, 2.75) is 0 Å². The summed E-state index contributed by atoms with van der Waals surface area (Å²) in [6, 6.07) is 11.8. The standard InChI is InChI=1S/C16H15N3O/c17-8-14(9-18)6-13-7-15(12-20-11-13)10-19-16-4-2-1-3-5-16/h1-8,10,17,19H,11-12H2/b14-6+,15-10-,17-8?. The molecule has 0 spiro atoms. The Morgan fingerprint density at radius 2 is 2.10 bits per heavy atom. The number of hydrogen-bond acceptors (Lipinski definition) is 4. The Kier molecular flexibility index (Phi) is 4.87. The summed E-state index contributed by atoms with van der Waals surface area (Å²) in [4.78, 5) is 0. The van der Waals surface area contributed by atoms with Crippen molar-refractivity contribution in [2.24, 2.45) is 0 Å².